The predicted molar refractivity (Wildman–Crippen MR) is 78.1 cm³/mol. The summed E-state index contributed by atoms with van der Waals surface area (Å²) in [5.74, 6) is 2.51. The molecule has 0 aromatic heterocycles. The first-order chi connectivity index (χ1) is 9.59. The first-order valence-corrected chi connectivity index (χ1v) is 8.59. The zero-order valence-electron chi connectivity index (χ0n) is 11.7. The molecule has 1 aromatic rings. The van der Waals surface area contributed by atoms with Gasteiger partial charge in [-0.2, -0.15) is 0 Å². The molecule has 1 fully saturated rings. The van der Waals surface area contributed by atoms with E-state index >= 15 is 0 Å². The van der Waals surface area contributed by atoms with Crippen molar-refractivity contribution in [3.8, 4) is 11.5 Å². The van der Waals surface area contributed by atoms with Gasteiger partial charge in [0.05, 0.1) is 18.6 Å². The molecular formula is C14H21NO4S. The molecule has 0 spiro atoms. The van der Waals surface area contributed by atoms with E-state index in [2.05, 4.69) is 5.32 Å². The molecule has 5 nitrogen and oxygen atoms in total. The zero-order valence-corrected chi connectivity index (χ0v) is 12.5. The van der Waals surface area contributed by atoms with Crippen LogP contribution in [-0.2, 0) is 9.84 Å². The van der Waals surface area contributed by atoms with Gasteiger partial charge in [-0.15, -0.1) is 0 Å². The molecule has 2 rings (SSSR count). The van der Waals surface area contributed by atoms with Crippen LogP contribution in [0.15, 0.2) is 24.3 Å². The van der Waals surface area contributed by atoms with Crippen LogP contribution in [0.3, 0.4) is 0 Å². The molecule has 6 heteroatoms. The van der Waals surface area contributed by atoms with Crippen LogP contribution < -0.4 is 14.8 Å². The van der Waals surface area contributed by atoms with Crippen molar-refractivity contribution in [2.45, 2.75) is 6.42 Å². The molecular weight excluding hydrogens is 278 g/mol. The lowest BCUT2D eigenvalue weighted by molar-refractivity contribution is 0.309. The SMILES string of the molecule is COc1ccc(OCCNCC2CCS(=O)(=O)C2)cc1. The van der Waals surface area contributed by atoms with E-state index in [0.717, 1.165) is 24.5 Å². The Morgan fingerprint density at radius 1 is 1.25 bits per heavy atom. The highest BCUT2D eigenvalue weighted by atomic mass is 32.2. The number of benzene rings is 1. The number of nitrogens with one attached hydrogen (secondary N) is 1. The summed E-state index contributed by atoms with van der Waals surface area (Å²) in [6.45, 7) is 2.01. The summed E-state index contributed by atoms with van der Waals surface area (Å²) >= 11 is 0. The topological polar surface area (TPSA) is 64.6 Å². The summed E-state index contributed by atoms with van der Waals surface area (Å²) in [6.07, 6.45) is 0.772. The van der Waals surface area contributed by atoms with Crippen LogP contribution in [0.1, 0.15) is 6.42 Å². The quantitative estimate of drug-likeness (QED) is 0.764. The Morgan fingerprint density at radius 2 is 1.95 bits per heavy atom. The fraction of sp³-hybridized carbons (Fsp3) is 0.571. The summed E-state index contributed by atoms with van der Waals surface area (Å²) in [4.78, 5) is 0. The molecule has 1 unspecified atom stereocenters. The predicted octanol–water partition coefficient (Wildman–Crippen LogP) is 1.10. The minimum absolute atomic E-state index is 0.251. The van der Waals surface area contributed by atoms with Gasteiger partial charge in [0.1, 0.15) is 18.1 Å². The number of methoxy groups -OCH3 is 1. The monoisotopic (exact) mass is 299 g/mol. The molecule has 0 amide bonds. The third-order valence-electron chi connectivity index (χ3n) is 3.37. The summed E-state index contributed by atoms with van der Waals surface area (Å²) < 4.78 is 33.3. The Balaban J connectivity index is 1.59. The second-order valence-electron chi connectivity index (χ2n) is 5.00. The van der Waals surface area contributed by atoms with Crippen molar-refractivity contribution in [1.82, 2.24) is 5.32 Å². The van der Waals surface area contributed by atoms with Crippen molar-refractivity contribution in [3.05, 3.63) is 24.3 Å². The van der Waals surface area contributed by atoms with Gasteiger partial charge in [-0.05, 0) is 43.1 Å². The highest BCUT2D eigenvalue weighted by Crippen LogP contribution is 2.18. The molecule has 1 aliphatic rings. The average molecular weight is 299 g/mol. The van der Waals surface area contributed by atoms with Crippen LogP contribution in [0.2, 0.25) is 0 Å². The number of sulfone groups is 1. The minimum Gasteiger partial charge on any atom is -0.497 e. The molecule has 0 bridgehead atoms. The van der Waals surface area contributed by atoms with Crippen LogP contribution in [0, 0.1) is 5.92 Å². The molecule has 0 aliphatic carbocycles. The number of hydrogen-bond acceptors (Lipinski definition) is 5. The highest BCUT2D eigenvalue weighted by Gasteiger charge is 2.27. The third-order valence-corrected chi connectivity index (χ3v) is 5.20. The van der Waals surface area contributed by atoms with Gasteiger partial charge in [-0.25, -0.2) is 8.42 Å². The molecule has 1 atom stereocenters. The Labute approximate surface area is 120 Å². The van der Waals surface area contributed by atoms with Gasteiger partial charge >= 0.3 is 0 Å². The molecule has 20 heavy (non-hydrogen) atoms. The maximum absolute atomic E-state index is 11.3. The van der Waals surface area contributed by atoms with Crippen molar-refractivity contribution >= 4 is 9.84 Å². The van der Waals surface area contributed by atoms with Crippen LogP contribution >= 0.6 is 0 Å². The minimum atomic E-state index is -2.77. The van der Waals surface area contributed by atoms with E-state index in [1.54, 1.807) is 7.11 Å². The molecule has 1 aliphatic heterocycles. The van der Waals surface area contributed by atoms with Gasteiger partial charge in [0, 0.05) is 6.54 Å². The number of hydrogen-bond donors (Lipinski definition) is 1. The van der Waals surface area contributed by atoms with Gasteiger partial charge in [0.25, 0.3) is 0 Å². The second-order valence-corrected chi connectivity index (χ2v) is 7.23. The molecule has 0 saturated carbocycles. The molecule has 112 valence electrons. The number of rotatable bonds is 7. The van der Waals surface area contributed by atoms with Crippen molar-refractivity contribution in [2.24, 2.45) is 5.92 Å². The van der Waals surface area contributed by atoms with Crippen molar-refractivity contribution in [2.75, 3.05) is 38.3 Å². The van der Waals surface area contributed by atoms with Crippen molar-refractivity contribution in [3.63, 3.8) is 0 Å². The van der Waals surface area contributed by atoms with E-state index in [1.807, 2.05) is 24.3 Å². The van der Waals surface area contributed by atoms with E-state index < -0.39 is 9.84 Å². The Hall–Kier alpha value is -1.27. The van der Waals surface area contributed by atoms with Gasteiger partial charge in [0.2, 0.25) is 0 Å². The average Bonchev–Trinajstić information content (AvgIpc) is 2.78. The molecule has 1 saturated heterocycles. The van der Waals surface area contributed by atoms with E-state index in [1.165, 1.54) is 0 Å². The lowest BCUT2D eigenvalue weighted by Gasteiger charge is -2.10. The summed E-state index contributed by atoms with van der Waals surface area (Å²) in [5, 5.41) is 3.24. The van der Waals surface area contributed by atoms with E-state index in [-0.39, 0.29) is 5.92 Å². The third kappa shape index (κ3) is 4.68. The number of ether oxygens (including phenoxy) is 2. The normalized spacial score (nSPS) is 20.8. The first-order valence-electron chi connectivity index (χ1n) is 6.77. The molecule has 0 radical (unpaired) electrons. The summed E-state index contributed by atoms with van der Waals surface area (Å²) in [7, 11) is -1.14. The maximum atomic E-state index is 11.3. The van der Waals surface area contributed by atoms with Crippen LogP contribution in [-0.4, -0.2) is 46.7 Å². The van der Waals surface area contributed by atoms with Crippen LogP contribution in [0.5, 0.6) is 11.5 Å². The van der Waals surface area contributed by atoms with Gasteiger partial charge < -0.3 is 14.8 Å². The highest BCUT2D eigenvalue weighted by molar-refractivity contribution is 7.91. The molecule has 1 aromatic carbocycles. The summed E-state index contributed by atoms with van der Waals surface area (Å²) in [5.41, 5.74) is 0. The first kappa shape index (κ1) is 15.1. The van der Waals surface area contributed by atoms with E-state index in [9.17, 15) is 8.42 Å². The summed E-state index contributed by atoms with van der Waals surface area (Å²) in [6, 6.07) is 7.43. The smallest absolute Gasteiger partial charge is 0.150 e. The lowest BCUT2D eigenvalue weighted by Crippen LogP contribution is -2.27. The van der Waals surface area contributed by atoms with E-state index in [4.69, 9.17) is 9.47 Å². The van der Waals surface area contributed by atoms with E-state index in [0.29, 0.717) is 24.7 Å². The largest absolute Gasteiger partial charge is 0.497 e. The second kappa shape index (κ2) is 6.95. The Kier molecular flexibility index (Phi) is 5.25. The van der Waals surface area contributed by atoms with Gasteiger partial charge in [-0.3, -0.25) is 0 Å². The van der Waals surface area contributed by atoms with Gasteiger partial charge in [-0.1, -0.05) is 0 Å². The lowest BCUT2D eigenvalue weighted by atomic mass is 10.1. The standard InChI is InChI=1S/C14H21NO4S/c1-18-13-2-4-14(5-3-13)19-8-7-15-10-12-6-9-20(16,17)11-12/h2-5,12,15H,6-11H2,1H3. The van der Waals surface area contributed by atoms with Crippen LogP contribution in [0.4, 0.5) is 0 Å². The van der Waals surface area contributed by atoms with Gasteiger partial charge in [0.15, 0.2) is 9.84 Å². The zero-order chi connectivity index (χ0) is 14.4. The van der Waals surface area contributed by atoms with Crippen molar-refractivity contribution in [1.29, 1.82) is 0 Å². The molecule has 1 N–H and O–H groups in total. The Bertz CT molecular complexity index is 512. The molecule has 1 heterocycles. The Morgan fingerprint density at radius 3 is 2.55 bits per heavy atom. The fourth-order valence-corrected chi connectivity index (χ4v) is 4.11. The van der Waals surface area contributed by atoms with Crippen molar-refractivity contribution < 1.29 is 17.9 Å². The fourth-order valence-electron chi connectivity index (χ4n) is 2.25. The van der Waals surface area contributed by atoms with Crippen LogP contribution in [0.25, 0.3) is 0 Å². The maximum Gasteiger partial charge on any atom is 0.150 e.